The molecule has 1 aliphatic rings. The summed E-state index contributed by atoms with van der Waals surface area (Å²) in [4.78, 5) is 15.0. The average molecular weight is 354 g/mol. The molecule has 1 aliphatic heterocycles. The van der Waals surface area contributed by atoms with Gasteiger partial charge in [0.2, 0.25) is 5.91 Å². The third kappa shape index (κ3) is 6.08. The first-order chi connectivity index (χ1) is 11.1. The van der Waals surface area contributed by atoms with Crippen LogP contribution in [0.25, 0.3) is 0 Å². The van der Waals surface area contributed by atoms with Crippen molar-refractivity contribution < 1.29 is 4.79 Å². The molecule has 4 nitrogen and oxygen atoms in total. The van der Waals surface area contributed by atoms with Crippen molar-refractivity contribution in [3.05, 3.63) is 29.8 Å². The first-order valence-electron chi connectivity index (χ1n) is 8.93. The van der Waals surface area contributed by atoms with Crippen LogP contribution in [0.2, 0.25) is 0 Å². The second-order valence-corrected chi connectivity index (χ2v) is 6.69. The summed E-state index contributed by atoms with van der Waals surface area (Å²) in [5.74, 6) is 0.750. The summed E-state index contributed by atoms with van der Waals surface area (Å²) in [5, 5.41) is 6.56. The van der Waals surface area contributed by atoms with E-state index in [0.717, 1.165) is 43.9 Å². The summed E-state index contributed by atoms with van der Waals surface area (Å²) in [6.07, 6.45) is 3.58. The van der Waals surface area contributed by atoms with Crippen molar-refractivity contribution in [1.29, 1.82) is 0 Å². The lowest BCUT2D eigenvalue weighted by Crippen LogP contribution is -2.47. The van der Waals surface area contributed by atoms with Crippen LogP contribution in [0.4, 0.5) is 5.69 Å². The SMILES string of the molecule is CCCN(CC1CCCNC1)C(C)C(=O)Nc1ccccc1C.Cl. The Hall–Kier alpha value is -1.10. The van der Waals surface area contributed by atoms with Gasteiger partial charge in [0.25, 0.3) is 0 Å². The molecule has 0 saturated carbocycles. The number of rotatable bonds is 7. The van der Waals surface area contributed by atoms with Gasteiger partial charge in [0.15, 0.2) is 0 Å². The van der Waals surface area contributed by atoms with Crippen molar-refractivity contribution in [1.82, 2.24) is 10.2 Å². The lowest BCUT2D eigenvalue weighted by atomic mass is 9.98. The van der Waals surface area contributed by atoms with E-state index in [1.165, 1.54) is 12.8 Å². The second-order valence-electron chi connectivity index (χ2n) is 6.69. The number of carbonyl (C=O) groups excluding carboxylic acids is 1. The van der Waals surface area contributed by atoms with Crippen molar-refractivity contribution in [3.8, 4) is 0 Å². The van der Waals surface area contributed by atoms with Crippen LogP contribution >= 0.6 is 12.4 Å². The highest BCUT2D eigenvalue weighted by atomic mass is 35.5. The Labute approximate surface area is 152 Å². The van der Waals surface area contributed by atoms with E-state index in [9.17, 15) is 4.79 Å². The number of hydrogen-bond acceptors (Lipinski definition) is 3. The molecule has 0 spiro atoms. The molecule has 1 saturated heterocycles. The maximum Gasteiger partial charge on any atom is 0.241 e. The minimum Gasteiger partial charge on any atom is -0.324 e. The Bertz CT molecular complexity index is 503. The van der Waals surface area contributed by atoms with E-state index < -0.39 is 0 Å². The molecule has 2 N–H and O–H groups in total. The molecule has 24 heavy (non-hydrogen) atoms. The predicted octanol–water partition coefficient (Wildman–Crippen LogP) is 3.46. The van der Waals surface area contributed by atoms with Crippen LogP contribution in [0.5, 0.6) is 0 Å². The topological polar surface area (TPSA) is 44.4 Å². The molecule has 0 bridgehead atoms. The number of benzene rings is 1. The summed E-state index contributed by atoms with van der Waals surface area (Å²) >= 11 is 0. The Morgan fingerprint density at radius 2 is 2.17 bits per heavy atom. The highest BCUT2D eigenvalue weighted by molar-refractivity contribution is 5.95. The summed E-state index contributed by atoms with van der Waals surface area (Å²) in [6.45, 7) is 10.4. The summed E-state index contributed by atoms with van der Waals surface area (Å²) in [7, 11) is 0. The number of amides is 1. The number of halogens is 1. The molecular formula is C19H32ClN3O. The van der Waals surface area contributed by atoms with Gasteiger partial charge in [0.05, 0.1) is 6.04 Å². The van der Waals surface area contributed by atoms with Gasteiger partial charge >= 0.3 is 0 Å². The van der Waals surface area contributed by atoms with Crippen LogP contribution in [0, 0.1) is 12.8 Å². The molecule has 1 amide bonds. The number of nitrogens with one attached hydrogen (secondary N) is 2. The lowest BCUT2D eigenvalue weighted by molar-refractivity contribution is -0.121. The van der Waals surface area contributed by atoms with E-state index in [4.69, 9.17) is 0 Å². The Balaban J connectivity index is 0.00000288. The normalized spacial score (nSPS) is 18.8. The van der Waals surface area contributed by atoms with Crippen LogP contribution in [-0.2, 0) is 4.79 Å². The summed E-state index contributed by atoms with van der Waals surface area (Å²) in [5.41, 5.74) is 2.02. The highest BCUT2D eigenvalue weighted by Gasteiger charge is 2.24. The zero-order valence-corrected chi connectivity index (χ0v) is 16.0. The van der Waals surface area contributed by atoms with Gasteiger partial charge in [0, 0.05) is 12.2 Å². The number of nitrogens with zero attached hydrogens (tertiary/aromatic N) is 1. The number of aryl methyl sites for hydroxylation is 1. The van der Waals surface area contributed by atoms with Crippen LogP contribution in [0.15, 0.2) is 24.3 Å². The van der Waals surface area contributed by atoms with Gasteiger partial charge in [-0.15, -0.1) is 12.4 Å². The molecule has 1 heterocycles. The summed E-state index contributed by atoms with van der Waals surface area (Å²) < 4.78 is 0. The van der Waals surface area contributed by atoms with Crippen molar-refractivity contribution in [3.63, 3.8) is 0 Å². The van der Waals surface area contributed by atoms with E-state index in [2.05, 4.69) is 22.5 Å². The van der Waals surface area contributed by atoms with Crippen molar-refractivity contribution in [2.45, 2.75) is 46.1 Å². The maximum absolute atomic E-state index is 12.7. The van der Waals surface area contributed by atoms with Crippen LogP contribution in [0.1, 0.15) is 38.7 Å². The molecule has 0 aliphatic carbocycles. The van der Waals surface area contributed by atoms with Crippen molar-refractivity contribution >= 4 is 24.0 Å². The van der Waals surface area contributed by atoms with Gasteiger partial charge in [-0.3, -0.25) is 9.69 Å². The van der Waals surface area contributed by atoms with Gasteiger partial charge in [-0.05, 0) is 70.3 Å². The molecule has 2 rings (SSSR count). The predicted molar refractivity (Wildman–Crippen MR) is 104 cm³/mol. The molecule has 2 atom stereocenters. The fraction of sp³-hybridized carbons (Fsp3) is 0.632. The maximum atomic E-state index is 12.7. The first kappa shape index (κ1) is 20.9. The molecular weight excluding hydrogens is 322 g/mol. The molecule has 136 valence electrons. The number of anilines is 1. The van der Waals surface area contributed by atoms with E-state index in [1.807, 2.05) is 38.1 Å². The molecule has 0 radical (unpaired) electrons. The van der Waals surface area contributed by atoms with E-state index in [1.54, 1.807) is 0 Å². The Kier molecular flexibility index (Phi) is 9.34. The van der Waals surface area contributed by atoms with Crippen LogP contribution in [-0.4, -0.2) is 43.0 Å². The average Bonchev–Trinajstić information content (AvgIpc) is 2.57. The van der Waals surface area contributed by atoms with Gasteiger partial charge in [-0.2, -0.15) is 0 Å². The summed E-state index contributed by atoms with van der Waals surface area (Å²) in [6, 6.07) is 7.85. The van der Waals surface area contributed by atoms with Gasteiger partial charge < -0.3 is 10.6 Å². The Morgan fingerprint density at radius 3 is 2.79 bits per heavy atom. The Morgan fingerprint density at radius 1 is 1.42 bits per heavy atom. The van der Waals surface area contributed by atoms with Crippen LogP contribution < -0.4 is 10.6 Å². The first-order valence-corrected chi connectivity index (χ1v) is 8.93. The lowest BCUT2D eigenvalue weighted by Gasteiger charge is -2.33. The second kappa shape index (κ2) is 10.7. The minimum atomic E-state index is -0.100. The molecule has 1 aromatic rings. The smallest absolute Gasteiger partial charge is 0.241 e. The minimum absolute atomic E-state index is 0. The van der Waals surface area contributed by atoms with E-state index in [-0.39, 0.29) is 24.4 Å². The third-order valence-electron chi connectivity index (χ3n) is 4.73. The third-order valence-corrected chi connectivity index (χ3v) is 4.73. The van der Waals surface area contributed by atoms with E-state index >= 15 is 0 Å². The fourth-order valence-electron chi connectivity index (χ4n) is 3.26. The highest BCUT2D eigenvalue weighted by Crippen LogP contribution is 2.17. The number of hydrogen-bond donors (Lipinski definition) is 2. The van der Waals surface area contributed by atoms with Gasteiger partial charge in [-0.1, -0.05) is 25.1 Å². The van der Waals surface area contributed by atoms with Crippen LogP contribution in [0.3, 0.4) is 0 Å². The van der Waals surface area contributed by atoms with Crippen molar-refractivity contribution in [2.24, 2.45) is 5.92 Å². The van der Waals surface area contributed by atoms with Gasteiger partial charge in [-0.25, -0.2) is 0 Å². The molecule has 2 unspecified atom stereocenters. The molecule has 0 aromatic heterocycles. The van der Waals surface area contributed by atoms with Gasteiger partial charge in [0.1, 0.15) is 0 Å². The molecule has 1 fully saturated rings. The molecule has 1 aromatic carbocycles. The van der Waals surface area contributed by atoms with E-state index in [0.29, 0.717) is 5.92 Å². The largest absolute Gasteiger partial charge is 0.324 e. The fourth-order valence-corrected chi connectivity index (χ4v) is 3.26. The monoisotopic (exact) mass is 353 g/mol. The number of para-hydroxylation sites is 1. The number of piperidine rings is 1. The quantitative estimate of drug-likeness (QED) is 0.789. The zero-order chi connectivity index (χ0) is 16.7. The standard InChI is InChI=1S/C19H31N3O.ClH/c1-4-12-22(14-17-9-7-11-20-13-17)16(3)19(23)21-18-10-6-5-8-15(18)2;/h5-6,8,10,16-17,20H,4,7,9,11-14H2,1-3H3,(H,21,23);1H. The zero-order valence-electron chi connectivity index (χ0n) is 15.2. The number of carbonyl (C=O) groups is 1. The van der Waals surface area contributed by atoms with Crippen molar-refractivity contribution in [2.75, 3.05) is 31.5 Å². The molecule has 5 heteroatoms.